The Morgan fingerprint density at radius 1 is 0.967 bits per heavy atom. The molecule has 2 aromatic rings. The number of sulfonamides is 1. The van der Waals surface area contributed by atoms with Gasteiger partial charge in [0.15, 0.2) is 0 Å². The van der Waals surface area contributed by atoms with E-state index in [-0.39, 0.29) is 17.3 Å². The van der Waals surface area contributed by atoms with Crippen LogP contribution in [0, 0.1) is 0 Å². The molecule has 162 valence electrons. The highest BCUT2D eigenvalue weighted by Crippen LogP contribution is 2.23. The van der Waals surface area contributed by atoms with E-state index in [1.165, 1.54) is 16.4 Å². The zero-order chi connectivity index (χ0) is 21.7. The molecule has 1 amide bonds. The van der Waals surface area contributed by atoms with Gasteiger partial charge in [-0.3, -0.25) is 9.69 Å². The number of benzene rings is 2. The summed E-state index contributed by atoms with van der Waals surface area (Å²) in [5.41, 5.74) is 3.17. The molecular weight excluding hydrogens is 422 g/mol. The largest absolute Gasteiger partial charge is 0.324 e. The molecule has 1 aliphatic rings. The highest BCUT2D eigenvalue weighted by molar-refractivity contribution is 7.89. The first kappa shape index (κ1) is 22.7. The number of nitrogens with one attached hydrogen (secondary N) is 1. The van der Waals surface area contributed by atoms with Crippen molar-refractivity contribution in [1.29, 1.82) is 0 Å². The highest BCUT2D eigenvalue weighted by atomic mass is 35.5. The highest BCUT2D eigenvalue weighted by Gasteiger charge is 2.29. The SMILES string of the molecule is CCc1cccc(CC)c1NC(=O)CN1CCN(S(=O)(=O)c2ccc(Cl)cc2)CC1. The van der Waals surface area contributed by atoms with Gasteiger partial charge in [0.05, 0.1) is 11.4 Å². The number of hydrogen-bond acceptors (Lipinski definition) is 4. The van der Waals surface area contributed by atoms with Gasteiger partial charge < -0.3 is 5.32 Å². The maximum Gasteiger partial charge on any atom is 0.243 e. The van der Waals surface area contributed by atoms with Gasteiger partial charge in [-0.25, -0.2) is 8.42 Å². The number of hydrogen-bond donors (Lipinski definition) is 1. The van der Waals surface area contributed by atoms with Crippen molar-refractivity contribution in [2.45, 2.75) is 31.6 Å². The molecule has 0 saturated carbocycles. The lowest BCUT2D eigenvalue weighted by molar-refractivity contribution is -0.117. The number of piperazine rings is 1. The van der Waals surface area contributed by atoms with Crippen molar-refractivity contribution in [2.24, 2.45) is 0 Å². The van der Waals surface area contributed by atoms with Gasteiger partial charge in [0.25, 0.3) is 0 Å². The first-order valence-corrected chi connectivity index (χ1v) is 12.1. The number of halogens is 1. The van der Waals surface area contributed by atoms with Crippen molar-refractivity contribution in [3.63, 3.8) is 0 Å². The Kier molecular flexibility index (Phi) is 7.52. The molecule has 0 radical (unpaired) electrons. The molecule has 3 rings (SSSR count). The molecule has 1 aliphatic heterocycles. The normalized spacial score (nSPS) is 15.8. The molecule has 1 N–H and O–H groups in total. The van der Waals surface area contributed by atoms with Crippen molar-refractivity contribution in [2.75, 3.05) is 38.0 Å². The molecule has 30 heavy (non-hydrogen) atoms. The van der Waals surface area contributed by atoms with Gasteiger partial charge >= 0.3 is 0 Å². The lowest BCUT2D eigenvalue weighted by atomic mass is 10.0. The van der Waals surface area contributed by atoms with Crippen LogP contribution in [0.25, 0.3) is 0 Å². The van der Waals surface area contributed by atoms with Gasteiger partial charge in [-0.1, -0.05) is 43.6 Å². The molecular formula is C22H28ClN3O3S. The van der Waals surface area contributed by atoms with Gasteiger partial charge in [-0.2, -0.15) is 4.31 Å². The average molecular weight is 450 g/mol. The Labute approximate surface area is 183 Å². The second-order valence-electron chi connectivity index (χ2n) is 7.34. The Morgan fingerprint density at radius 2 is 1.53 bits per heavy atom. The third kappa shape index (κ3) is 5.21. The quantitative estimate of drug-likeness (QED) is 0.703. The van der Waals surface area contributed by atoms with Gasteiger partial charge in [-0.15, -0.1) is 0 Å². The predicted octanol–water partition coefficient (Wildman–Crippen LogP) is 3.41. The van der Waals surface area contributed by atoms with Crippen LogP contribution in [0.15, 0.2) is 47.4 Å². The van der Waals surface area contributed by atoms with Crippen LogP contribution in [0.3, 0.4) is 0 Å². The van der Waals surface area contributed by atoms with Crippen LogP contribution in [0.4, 0.5) is 5.69 Å². The number of amides is 1. The molecule has 1 heterocycles. The molecule has 0 unspecified atom stereocenters. The average Bonchev–Trinajstić information content (AvgIpc) is 2.74. The monoisotopic (exact) mass is 449 g/mol. The molecule has 6 nitrogen and oxygen atoms in total. The number of para-hydroxylation sites is 1. The van der Waals surface area contributed by atoms with Crippen LogP contribution < -0.4 is 5.32 Å². The van der Waals surface area contributed by atoms with Crippen molar-refractivity contribution >= 4 is 33.2 Å². The smallest absolute Gasteiger partial charge is 0.243 e. The number of nitrogens with zero attached hydrogens (tertiary/aromatic N) is 2. The molecule has 0 bridgehead atoms. The van der Waals surface area contributed by atoms with Crippen molar-refractivity contribution in [3.8, 4) is 0 Å². The van der Waals surface area contributed by atoms with E-state index in [4.69, 9.17) is 11.6 Å². The van der Waals surface area contributed by atoms with Gasteiger partial charge in [0, 0.05) is 36.9 Å². The second-order valence-corrected chi connectivity index (χ2v) is 9.72. The Hall–Kier alpha value is -1.93. The van der Waals surface area contributed by atoms with E-state index in [1.807, 2.05) is 23.1 Å². The fraction of sp³-hybridized carbons (Fsp3) is 0.409. The van der Waals surface area contributed by atoms with E-state index in [0.29, 0.717) is 31.2 Å². The Bertz CT molecular complexity index is 963. The number of aryl methyl sites for hydroxylation is 2. The summed E-state index contributed by atoms with van der Waals surface area (Å²) < 4.78 is 27.1. The van der Waals surface area contributed by atoms with E-state index in [0.717, 1.165) is 29.7 Å². The first-order chi connectivity index (χ1) is 14.3. The first-order valence-electron chi connectivity index (χ1n) is 10.2. The summed E-state index contributed by atoms with van der Waals surface area (Å²) in [7, 11) is -3.55. The number of rotatable bonds is 7. The number of carbonyl (C=O) groups is 1. The molecule has 1 saturated heterocycles. The second kappa shape index (κ2) is 9.92. The summed E-state index contributed by atoms with van der Waals surface area (Å²) in [6, 6.07) is 12.3. The summed E-state index contributed by atoms with van der Waals surface area (Å²) in [6.45, 7) is 6.12. The maximum absolute atomic E-state index is 12.8. The minimum atomic E-state index is -3.55. The fourth-order valence-electron chi connectivity index (χ4n) is 3.67. The van der Waals surface area contributed by atoms with Crippen LogP contribution in [-0.4, -0.2) is 56.3 Å². The van der Waals surface area contributed by atoms with E-state index < -0.39 is 10.0 Å². The standard InChI is InChI=1S/C22H28ClN3O3S/c1-3-17-6-5-7-18(4-2)22(17)24-21(27)16-25-12-14-26(15-13-25)30(28,29)20-10-8-19(23)9-11-20/h5-11H,3-4,12-16H2,1-2H3,(H,24,27). The lowest BCUT2D eigenvalue weighted by Crippen LogP contribution is -2.50. The number of carbonyl (C=O) groups excluding carboxylic acids is 1. The van der Waals surface area contributed by atoms with Crippen LogP contribution in [0.5, 0.6) is 0 Å². The summed E-state index contributed by atoms with van der Waals surface area (Å²) in [5, 5.41) is 3.58. The fourth-order valence-corrected chi connectivity index (χ4v) is 5.22. The van der Waals surface area contributed by atoms with Crippen LogP contribution in [0.2, 0.25) is 5.02 Å². The predicted molar refractivity (Wildman–Crippen MR) is 120 cm³/mol. The molecule has 0 atom stereocenters. The van der Waals surface area contributed by atoms with E-state index in [9.17, 15) is 13.2 Å². The van der Waals surface area contributed by atoms with Crippen molar-refractivity contribution in [1.82, 2.24) is 9.21 Å². The summed E-state index contributed by atoms with van der Waals surface area (Å²) in [5.74, 6) is -0.0698. The molecule has 1 fully saturated rings. The topological polar surface area (TPSA) is 69.7 Å². The van der Waals surface area contributed by atoms with Crippen LogP contribution in [-0.2, 0) is 27.7 Å². The van der Waals surface area contributed by atoms with Crippen LogP contribution >= 0.6 is 11.6 Å². The van der Waals surface area contributed by atoms with Gasteiger partial charge in [-0.05, 0) is 48.2 Å². The van der Waals surface area contributed by atoms with Crippen molar-refractivity contribution in [3.05, 3.63) is 58.6 Å². The molecule has 0 spiro atoms. The lowest BCUT2D eigenvalue weighted by Gasteiger charge is -2.33. The van der Waals surface area contributed by atoms with Crippen molar-refractivity contribution < 1.29 is 13.2 Å². The van der Waals surface area contributed by atoms with E-state index >= 15 is 0 Å². The van der Waals surface area contributed by atoms with E-state index in [1.54, 1.807) is 12.1 Å². The summed E-state index contributed by atoms with van der Waals surface area (Å²) in [6.07, 6.45) is 1.70. The Balaban J connectivity index is 1.59. The summed E-state index contributed by atoms with van der Waals surface area (Å²) in [4.78, 5) is 14.9. The minimum Gasteiger partial charge on any atom is -0.324 e. The molecule has 0 aromatic heterocycles. The summed E-state index contributed by atoms with van der Waals surface area (Å²) >= 11 is 5.86. The number of anilines is 1. The third-order valence-corrected chi connectivity index (χ3v) is 7.58. The minimum absolute atomic E-state index is 0.0698. The zero-order valence-corrected chi connectivity index (χ0v) is 19.0. The third-order valence-electron chi connectivity index (χ3n) is 5.41. The van der Waals surface area contributed by atoms with Gasteiger partial charge in [0.1, 0.15) is 0 Å². The zero-order valence-electron chi connectivity index (χ0n) is 17.4. The van der Waals surface area contributed by atoms with E-state index in [2.05, 4.69) is 19.2 Å². The maximum atomic E-state index is 12.8. The molecule has 2 aromatic carbocycles. The van der Waals surface area contributed by atoms with Crippen LogP contribution in [0.1, 0.15) is 25.0 Å². The molecule has 0 aliphatic carbocycles. The van der Waals surface area contributed by atoms with Gasteiger partial charge in [0.2, 0.25) is 15.9 Å². The molecule has 8 heteroatoms. The Morgan fingerprint density at radius 3 is 2.07 bits per heavy atom.